The molecule has 0 aromatic carbocycles. The summed E-state index contributed by atoms with van der Waals surface area (Å²) in [6, 6.07) is 2.05. The molecule has 1 N–H and O–H groups in total. The van der Waals surface area contributed by atoms with E-state index in [9.17, 15) is 9.90 Å². The first kappa shape index (κ1) is 14.9. The second-order valence-electron chi connectivity index (χ2n) is 5.50. The number of aliphatic hydroxyl groups is 1. The minimum atomic E-state index is -0.704. The largest absolute Gasteiger partial charge is 0.389 e. The van der Waals surface area contributed by atoms with Gasteiger partial charge in [0.15, 0.2) is 0 Å². The van der Waals surface area contributed by atoms with Crippen LogP contribution < -0.4 is 0 Å². The van der Waals surface area contributed by atoms with Gasteiger partial charge < -0.3 is 10.0 Å². The molecule has 5 heteroatoms. The van der Waals surface area contributed by atoms with E-state index in [-0.39, 0.29) is 5.91 Å². The van der Waals surface area contributed by atoms with E-state index in [0.717, 1.165) is 13.1 Å². The van der Waals surface area contributed by atoms with Gasteiger partial charge >= 0.3 is 0 Å². The Morgan fingerprint density at radius 1 is 1.39 bits per heavy atom. The molecule has 0 bridgehead atoms. The highest BCUT2D eigenvalue weighted by Crippen LogP contribution is 2.12. The van der Waals surface area contributed by atoms with Crippen LogP contribution >= 0.6 is 0 Å². The molecular formula is C13H23N3O2. The van der Waals surface area contributed by atoms with Gasteiger partial charge in [0, 0.05) is 32.7 Å². The highest BCUT2D eigenvalue weighted by Gasteiger charge is 2.28. The lowest BCUT2D eigenvalue weighted by Crippen LogP contribution is -2.53. The molecule has 1 saturated heterocycles. The van der Waals surface area contributed by atoms with Crippen LogP contribution in [0.3, 0.4) is 0 Å². The molecule has 1 heterocycles. The van der Waals surface area contributed by atoms with Crippen LogP contribution in [-0.2, 0) is 4.79 Å². The molecule has 1 amide bonds. The van der Waals surface area contributed by atoms with Crippen molar-refractivity contribution in [3.05, 3.63) is 0 Å². The molecule has 1 aliphatic rings. The van der Waals surface area contributed by atoms with Gasteiger partial charge in [0.25, 0.3) is 0 Å². The second-order valence-corrected chi connectivity index (χ2v) is 5.50. The van der Waals surface area contributed by atoms with Crippen LogP contribution in [0.15, 0.2) is 0 Å². The lowest BCUT2D eigenvalue weighted by molar-refractivity contribution is -0.135. The maximum absolute atomic E-state index is 12.0. The molecule has 1 atom stereocenters. The molecule has 1 aliphatic heterocycles. The zero-order chi connectivity index (χ0) is 13.8. The lowest BCUT2D eigenvalue weighted by Gasteiger charge is -2.37. The molecule has 1 fully saturated rings. The van der Waals surface area contributed by atoms with E-state index in [2.05, 4.69) is 11.0 Å². The van der Waals surface area contributed by atoms with Crippen molar-refractivity contribution in [1.29, 1.82) is 5.26 Å². The molecule has 0 radical (unpaired) electrons. The van der Waals surface area contributed by atoms with Gasteiger partial charge in [-0.25, -0.2) is 0 Å². The SMILES string of the molecule is CCC(C#N)C(=O)N1CCN(CC(C)(C)O)CC1. The average molecular weight is 253 g/mol. The third kappa shape index (κ3) is 4.28. The first-order valence-electron chi connectivity index (χ1n) is 6.50. The highest BCUT2D eigenvalue weighted by atomic mass is 16.3. The molecular weight excluding hydrogens is 230 g/mol. The van der Waals surface area contributed by atoms with Crippen LogP contribution in [0, 0.1) is 17.2 Å². The summed E-state index contributed by atoms with van der Waals surface area (Å²) in [6.07, 6.45) is 0.569. The third-order valence-electron chi connectivity index (χ3n) is 3.16. The van der Waals surface area contributed by atoms with Crippen molar-refractivity contribution in [3.8, 4) is 6.07 Å². The minimum absolute atomic E-state index is 0.0529. The number of carbonyl (C=O) groups is 1. The fourth-order valence-electron chi connectivity index (χ4n) is 2.22. The Morgan fingerprint density at radius 2 is 1.94 bits per heavy atom. The summed E-state index contributed by atoms with van der Waals surface area (Å²) >= 11 is 0. The third-order valence-corrected chi connectivity index (χ3v) is 3.16. The quantitative estimate of drug-likeness (QED) is 0.790. The van der Waals surface area contributed by atoms with Gasteiger partial charge in [0.2, 0.25) is 5.91 Å². The summed E-state index contributed by atoms with van der Waals surface area (Å²) in [5, 5.41) is 18.6. The Bertz CT molecular complexity index is 322. The molecule has 0 saturated carbocycles. The van der Waals surface area contributed by atoms with Crippen LogP contribution in [0.5, 0.6) is 0 Å². The number of β-amino-alcohol motifs (C(OH)–C–C–N with tert-alkyl or cyclic N) is 1. The number of hydrogen-bond donors (Lipinski definition) is 1. The van der Waals surface area contributed by atoms with Crippen molar-refractivity contribution >= 4 is 5.91 Å². The Kier molecular flexibility index (Phi) is 5.12. The van der Waals surface area contributed by atoms with Gasteiger partial charge in [-0.2, -0.15) is 5.26 Å². The fraction of sp³-hybridized carbons (Fsp3) is 0.846. The van der Waals surface area contributed by atoms with E-state index >= 15 is 0 Å². The van der Waals surface area contributed by atoms with Gasteiger partial charge in [-0.05, 0) is 20.3 Å². The van der Waals surface area contributed by atoms with E-state index in [0.29, 0.717) is 26.1 Å². The van der Waals surface area contributed by atoms with E-state index in [4.69, 9.17) is 5.26 Å². The Morgan fingerprint density at radius 3 is 2.33 bits per heavy atom. The molecule has 1 unspecified atom stereocenters. The van der Waals surface area contributed by atoms with Crippen LogP contribution in [-0.4, -0.2) is 59.1 Å². The van der Waals surface area contributed by atoms with E-state index < -0.39 is 11.5 Å². The fourth-order valence-corrected chi connectivity index (χ4v) is 2.22. The van der Waals surface area contributed by atoms with Gasteiger partial charge in [-0.1, -0.05) is 6.92 Å². The first-order chi connectivity index (χ1) is 8.37. The number of amides is 1. The zero-order valence-electron chi connectivity index (χ0n) is 11.5. The monoisotopic (exact) mass is 253 g/mol. The number of hydrogen-bond acceptors (Lipinski definition) is 4. The van der Waals surface area contributed by atoms with Crippen molar-refractivity contribution < 1.29 is 9.90 Å². The van der Waals surface area contributed by atoms with E-state index in [1.807, 2.05) is 6.92 Å². The number of piperazine rings is 1. The number of nitriles is 1. The van der Waals surface area contributed by atoms with Crippen molar-refractivity contribution in [1.82, 2.24) is 9.80 Å². The molecule has 0 aromatic rings. The first-order valence-corrected chi connectivity index (χ1v) is 6.50. The molecule has 18 heavy (non-hydrogen) atoms. The smallest absolute Gasteiger partial charge is 0.240 e. The number of carbonyl (C=O) groups excluding carboxylic acids is 1. The van der Waals surface area contributed by atoms with Gasteiger partial charge in [0.05, 0.1) is 11.7 Å². The van der Waals surface area contributed by atoms with Crippen LogP contribution in [0.1, 0.15) is 27.2 Å². The topological polar surface area (TPSA) is 67.6 Å². The van der Waals surface area contributed by atoms with Crippen molar-refractivity contribution in [2.45, 2.75) is 32.8 Å². The predicted molar refractivity (Wildman–Crippen MR) is 68.7 cm³/mol. The Balaban J connectivity index is 2.45. The predicted octanol–water partition coefficient (Wildman–Crippen LogP) is 0.451. The van der Waals surface area contributed by atoms with Crippen LogP contribution in [0.25, 0.3) is 0 Å². The normalized spacial score (nSPS) is 19.4. The van der Waals surface area contributed by atoms with Crippen LogP contribution in [0.2, 0.25) is 0 Å². The molecule has 5 nitrogen and oxygen atoms in total. The standard InChI is InChI=1S/C13H23N3O2/c1-4-11(9-14)12(17)16-7-5-15(6-8-16)10-13(2,3)18/h11,18H,4-8,10H2,1-3H3. The van der Waals surface area contributed by atoms with E-state index in [1.54, 1.807) is 18.7 Å². The van der Waals surface area contributed by atoms with Gasteiger partial charge in [-0.15, -0.1) is 0 Å². The average Bonchev–Trinajstić information content (AvgIpc) is 2.29. The molecule has 0 spiro atoms. The van der Waals surface area contributed by atoms with Crippen molar-refractivity contribution in [2.75, 3.05) is 32.7 Å². The second kappa shape index (κ2) is 6.17. The molecule has 0 aliphatic carbocycles. The van der Waals surface area contributed by atoms with Crippen molar-refractivity contribution in [2.24, 2.45) is 5.92 Å². The highest BCUT2D eigenvalue weighted by molar-refractivity contribution is 5.81. The number of rotatable bonds is 4. The summed E-state index contributed by atoms with van der Waals surface area (Å²) in [5.74, 6) is -0.561. The number of nitrogens with zero attached hydrogens (tertiary/aromatic N) is 3. The van der Waals surface area contributed by atoms with Gasteiger partial charge in [-0.3, -0.25) is 9.69 Å². The summed E-state index contributed by atoms with van der Waals surface area (Å²) in [5.41, 5.74) is -0.704. The summed E-state index contributed by atoms with van der Waals surface area (Å²) < 4.78 is 0. The van der Waals surface area contributed by atoms with Crippen LogP contribution in [0.4, 0.5) is 0 Å². The molecule has 1 rings (SSSR count). The minimum Gasteiger partial charge on any atom is -0.389 e. The molecule has 0 aromatic heterocycles. The van der Waals surface area contributed by atoms with E-state index in [1.165, 1.54) is 0 Å². The summed E-state index contributed by atoms with van der Waals surface area (Å²) in [6.45, 7) is 8.86. The molecule has 102 valence electrons. The zero-order valence-corrected chi connectivity index (χ0v) is 11.5. The maximum Gasteiger partial charge on any atom is 0.240 e. The lowest BCUT2D eigenvalue weighted by atomic mass is 10.1. The Hall–Kier alpha value is -1.12. The summed E-state index contributed by atoms with van der Waals surface area (Å²) in [7, 11) is 0. The van der Waals surface area contributed by atoms with Gasteiger partial charge in [0.1, 0.15) is 5.92 Å². The van der Waals surface area contributed by atoms with Crippen molar-refractivity contribution in [3.63, 3.8) is 0 Å². The maximum atomic E-state index is 12.0. The Labute approximate surface area is 109 Å². The summed E-state index contributed by atoms with van der Waals surface area (Å²) in [4.78, 5) is 15.9.